The van der Waals surface area contributed by atoms with Crippen molar-refractivity contribution in [2.45, 2.75) is 19.9 Å². The normalized spacial score (nSPS) is 10.6. The summed E-state index contributed by atoms with van der Waals surface area (Å²) < 4.78 is 3.03. The first-order valence-corrected chi connectivity index (χ1v) is 10.3. The fourth-order valence-corrected chi connectivity index (χ4v) is 4.15. The number of imidazole rings is 1. The highest BCUT2D eigenvalue weighted by Crippen LogP contribution is 2.25. The second-order valence-electron chi connectivity index (χ2n) is 6.46. The summed E-state index contributed by atoms with van der Waals surface area (Å²) in [5.41, 5.74) is 5.22. The first-order chi connectivity index (χ1) is 13.1. The summed E-state index contributed by atoms with van der Waals surface area (Å²) in [5.74, 6) is 0.00739. The van der Waals surface area contributed by atoms with Crippen molar-refractivity contribution in [3.63, 3.8) is 0 Å². The minimum atomic E-state index is 0. The third-order valence-corrected chi connectivity index (χ3v) is 5.74. The molecule has 7 heteroatoms. The Bertz CT molecular complexity index is 1100. The number of hydrogen-bond acceptors (Lipinski definition) is 3. The highest BCUT2D eigenvalue weighted by Gasteiger charge is 2.12. The van der Waals surface area contributed by atoms with Crippen LogP contribution in [0.1, 0.15) is 16.8 Å². The molecule has 2 heterocycles. The van der Waals surface area contributed by atoms with E-state index in [0.717, 1.165) is 31.9 Å². The first kappa shape index (κ1) is 20.6. The topological polar surface area (TPSA) is 46.4 Å². The van der Waals surface area contributed by atoms with Crippen molar-refractivity contribution >= 4 is 50.5 Å². The van der Waals surface area contributed by atoms with Crippen LogP contribution in [0.15, 0.2) is 64.6 Å². The molecule has 2 aromatic carbocycles. The van der Waals surface area contributed by atoms with E-state index < -0.39 is 0 Å². The Morgan fingerprint density at radius 2 is 2.00 bits per heavy atom. The van der Waals surface area contributed by atoms with E-state index in [1.165, 1.54) is 5.56 Å². The molecule has 0 spiro atoms. The molecule has 4 rings (SSSR count). The van der Waals surface area contributed by atoms with E-state index in [1.54, 1.807) is 11.3 Å². The highest BCUT2D eigenvalue weighted by atomic mass is 79.9. The molecule has 0 aliphatic rings. The maximum atomic E-state index is 12.4. The third kappa shape index (κ3) is 4.63. The van der Waals surface area contributed by atoms with Crippen molar-refractivity contribution in [1.82, 2.24) is 14.7 Å². The summed E-state index contributed by atoms with van der Waals surface area (Å²) in [6.45, 7) is 2.59. The van der Waals surface area contributed by atoms with E-state index >= 15 is 0 Å². The molecule has 0 fully saturated rings. The Morgan fingerprint density at radius 1 is 1.21 bits per heavy atom. The minimum Gasteiger partial charge on any atom is -0.352 e. The van der Waals surface area contributed by atoms with Crippen LogP contribution in [0.5, 0.6) is 0 Å². The molecule has 144 valence electrons. The lowest BCUT2D eigenvalue weighted by Crippen LogP contribution is -2.24. The van der Waals surface area contributed by atoms with E-state index in [-0.39, 0.29) is 18.3 Å². The molecule has 0 saturated carbocycles. The molecule has 0 bridgehead atoms. The Labute approximate surface area is 182 Å². The van der Waals surface area contributed by atoms with Crippen LogP contribution in [0, 0.1) is 6.92 Å². The second-order valence-corrected chi connectivity index (χ2v) is 8.21. The number of rotatable bonds is 5. The van der Waals surface area contributed by atoms with Crippen molar-refractivity contribution in [3.8, 4) is 11.3 Å². The number of aromatic nitrogens is 2. The van der Waals surface area contributed by atoms with Gasteiger partial charge in [-0.1, -0.05) is 57.9 Å². The number of nitrogens with one attached hydrogen (secondary N) is 1. The Morgan fingerprint density at radius 3 is 2.75 bits per heavy atom. The molecular weight excluding hydrogens is 458 g/mol. The van der Waals surface area contributed by atoms with Crippen molar-refractivity contribution in [1.29, 1.82) is 0 Å². The van der Waals surface area contributed by atoms with E-state index in [1.807, 2.05) is 52.4 Å². The molecule has 4 nitrogen and oxygen atoms in total. The first-order valence-electron chi connectivity index (χ1n) is 8.62. The number of fused-ring (bicyclic) bond motifs is 1. The number of halogens is 2. The van der Waals surface area contributed by atoms with Gasteiger partial charge in [0.2, 0.25) is 5.91 Å². The molecule has 0 aliphatic heterocycles. The third-order valence-electron chi connectivity index (χ3n) is 4.36. The van der Waals surface area contributed by atoms with Crippen LogP contribution in [0.2, 0.25) is 0 Å². The Kier molecular flexibility index (Phi) is 6.54. The van der Waals surface area contributed by atoms with Gasteiger partial charge in [-0.2, -0.15) is 0 Å². The number of carbonyl (C=O) groups excluding carboxylic acids is 1. The molecule has 4 aromatic rings. The van der Waals surface area contributed by atoms with Gasteiger partial charge in [0, 0.05) is 33.9 Å². The molecule has 1 N–H and O–H groups in total. The SMILES string of the molecule is Cc1ccc(CNC(=O)Cc2csc3nc(-c4cccc(Br)c4)cn23)cc1.Cl. The quantitative estimate of drug-likeness (QED) is 0.418. The fraction of sp³-hybridized carbons (Fsp3) is 0.143. The average molecular weight is 477 g/mol. The average Bonchev–Trinajstić information content (AvgIpc) is 3.23. The number of nitrogens with zero attached hydrogens (tertiary/aromatic N) is 2. The summed E-state index contributed by atoms with van der Waals surface area (Å²) in [6, 6.07) is 16.2. The lowest BCUT2D eigenvalue weighted by atomic mass is 10.1. The van der Waals surface area contributed by atoms with Crippen LogP contribution in [0.3, 0.4) is 0 Å². The predicted molar refractivity (Wildman–Crippen MR) is 120 cm³/mol. The standard InChI is InChI=1S/C21H18BrN3OS.ClH/c1-14-5-7-15(8-6-14)11-23-20(26)10-18-13-27-21-24-19(12-25(18)21)16-3-2-4-17(22)9-16;/h2-9,12-13H,10-11H2,1H3,(H,23,26);1H. The number of aryl methyl sites for hydroxylation is 1. The van der Waals surface area contributed by atoms with Crippen LogP contribution in [-0.4, -0.2) is 15.3 Å². The zero-order valence-electron chi connectivity index (χ0n) is 15.2. The number of amides is 1. The predicted octanol–water partition coefficient (Wildman–Crippen LogP) is 5.41. The molecule has 1 amide bonds. The Balaban J connectivity index is 0.00000225. The number of carbonyl (C=O) groups is 1. The van der Waals surface area contributed by atoms with Gasteiger partial charge in [0.1, 0.15) is 0 Å². The molecule has 28 heavy (non-hydrogen) atoms. The van der Waals surface area contributed by atoms with Crippen LogP contribution in [0.4, 0.5) is 0 Å². The van der Waals surface area contributed by atoms with Gasteiger partial charge in [-0.3, -0.25) is 9.20 Å². The molecule has 0 atom stereocenters. The van der Waals surface area contributed by atoms with Crippen molar-refractivity contribution in [2.75, 3.05) is 0 Å². The molecular formula is C21H19BrClN3OS. The van der Waals surface area contributed by atoms with Crippen LogP contribution in [0.25, 0.3) is 16.2 Å². The van der Waals surface area contributed by atoms with Gasteiger partial charge in [0.25, 0.3) is 0 Å². The van der Waals surface area contributed by atoms with Gasteiger partial charge in [0.05, 0.1) is 12.1 Å². The highest BCUT2D eigenvalue weighted by molar-refractivity contribution is 9.10. The molecule has 0 unspecified atom stereocenters. The van der Waals surface area contributed by atoms with Crippen molar-refractivity contribution < 1.29 is 4.79 Å². The van der Waals surface area contributed by atoms with Crippen LogP contribution < -0.4 is 5.32 Å². The zero-order valence-corrected chi connectivity index (χ0v) is 18.4. The van der Waals surface area contributed by atoms with E-state index in [2.05, 4.69) is 45.3 Å². The van der Waals surface area contributed by atoms with Gasteiger partial charge in [-0.05, 0) is 24.6 Å². The summed E-state index contributed by atoms with van der Waals surface area (Å²) in [7, 11) is 0. The van der Waals surface area contributed by atoms with Crippen LogP contribution in [-0.2, 0) is 17.8 Å². The summed E-state index contributed by atoms with van der Waals surface area (Å²) in [6.07, 6.45) is 2.33. The molecule has 0 saturated heterocycles. The molecule has 0 radical (unpaired) electrons. The smallest absolute Gasteiger partial charge is 0.226 e. The number of thiazole rings is 1. The summed E-state index contributed by atoms with van der Waals surface area (Å²) >= 11 is 5.05. The summed E-state index contributed by atoms with van der Waals surface area (Å²) in [5, 5.41) is 4.99. The monoisotopic (exact) mass is 475 g/mol. The zero-order chi connectivity index (χ0) is 18.8. The fourth-order valence-electron chi connectivity index (χ4n) is 2.88. The minimum absolute atomic E-state index is 0. The number of hydrogen-bond donors (Lipinski definition) is 1. The van der Waals surface area contributed by atoms with Crippen molar-refractivity contribution in [3.05, 3.63) is 81.4 Å². The lowest BCUT2D eigenvalue weighted by Gasteiger charge is -2.05. The Hall–Kier alpha value is -2.15. The van der Waals surface area contributed by atoms with Crippen LogP contribution >= 0.6 is 39.7 Å². The maximum absolute atomic E-state index is 12.4. The van der Waals surface area contributed by atoms with E-state index in [4.69, 9.17) is 0 Å². The lowest BCUT2D eigenvalue weighted by molar-refractivity contribution is -0.120. The molecule has 0 aliphatic carbocycles. The van der Waals surface area contributed by atoms with E-state index in [0.29, 0.717) is 13.0 Å². The van der Waals surface area contributed by atoms with Gasteiger partial charge in [-0.15, -0.1) is 23.7 Å². The van der Waals surface area contributed by atoms with Gasteiger partial charge < -0.3 is 5.32 Å². The van der Waals surface area contributed by atoms with Gasteiger partial charge in [-0.25, -0.2) is 4.98 Å². The second kappa shape index (κ2) is 8.90. The largest absolute Gasteiger partial charge is 0.352 e. The number of benzene rings is 2. The maximum Gasteiger partial charge on any atom is 0.226 e. The van der Waals surface area contributed by atoms with Gasteiger partial charge in [0.15, 0.2) is 4.96 Å². The van der Waals surface area contributed by atoms with Crippen molar-refractivity contribution in [2.24, 2.45) is 0 Å². The summed E-state index contributed by atoms with van der Waals surface area (Å²) in [4.78, 5) is 17.9. The molecule has 2 aromatic heterocycles. The van der Waals surface area contributed by atoms with Gasteiger partial charge >= 0.3 is 0 Å². The van der Waals surface area contributed by atoms with E-state index in [9.17, 15) is 4.79 Å².